The van der Waals surface area contributed by atoms with E-state index >= 15 is 0 Å². The lowest BCUT2D eigenvalue weighted by molar-refractivity contribution is -0.327. The van der Waals surface area contributed by atoms with E-state index in [4.69, 9.17) is 18.9 Å². The van der Waals surface area contributed by atoms with Crippen LogP contribution in [0.25, 0.3) is 0 Å². The Hall–Kier alpha value is -1.76. The van der Waals surface area contributed by atoms with Gasteiger partial charge < -0.3 is 64.9 Å². The summed E-state index contributed by atoms with van der Waals surface area (Å²) in [7, 11) is 0. The summed E-state index contributed by atoms with van der Waals surface area (Å²) in [4.78, 5) is 26.4. The van der Waals surface area contributed by atoms with E-state index in [2.05, 4.69) is 40.7 Å². The maximum Gasteiger partial charge on any atom is 0.335 e. The number of carboxylic acids is 1. The number of aliphatic carboxylic acids is 1. The van der Waals surface area contributed by atoms with Crippen LogP contribution < -0.4 is 0 Å². The normalized spacial score (nSPS) is 54.9. The lowest BCUT2D eigenvalue weighted by Crippen LogP contribution is -2.67. The quantitative estimate of drug-likeness (QED) is 0.0997. The highest BCUT2D eigenvalue weighted by atomic mass is 16.7. The molecule has 2 aliphatic heterocycles. The van der Waals surface area contributed by atoms with Gasteiger partial charge in [0.1, 0.15) is 42.7 Å². The second-order valence-electron chi connectivity index (χ2n) is 20.0. The highest BCUT2D eigenvalue weighted by molar-refractivity contribution is 5.79. The SMILES string of the molecule is C[C@H]1[C@H](C)CC[C@]2(C(=O)O[C@@H]3O[C@H](CO)[C@@H](O)[C@H](O)[C@H]3O)CC[C@]3(C)C(=CC[C@@H]4[C@@]5(C)CC[C@H](O[C@@H]6O[C@H](C(=O)O)[C@@H](O)[C@H](O)[C@H]6O)[C@@](C)(CO)[C@@H]5CC[C@]43C)[C@H]12. The van der Waals surface area contributed by atoms with Gasteiger partial charge in [-0.25, -0.2) is 4.79 Å². The molecule has 0 aromatic rings. The molecule has 2 heterocycles. The van der Waals surface area contributed by atoms with Crippen molar-refractivity contribution in [3.05, 3.63) is 11.6 Å². The van der Waals surface area contributed by atoms with E-state index in [0.29, 0.717) is 31.6 Å². The van der Waals surface area contributed by atoms with Crippen molar-refractivity contribution < 1.29 is 74.5 Å². The number of carboxylic acid groups (broad SMARTS) is 1. The molecule has 2 saturated heterocycles. The van der Waals surface area contributed by atoms with Crippen LogP contribution in [0, 0.1) is 56.7 Å². The average Bonchev–Trinajstić information content (AvgIpc) is 3.17. The Bertz CT molecular complexity index is 1570. The van der Waals surface area contributed by atoms with E-state index in [1.54, 1.807) is 0 Å². The number of rotatable bonds is 7. The minimum atomic E-state index is -1.84. The molecule has 0 amide bonds. The lowest BCUT2D eigenvalue weighted by atomic mass is 9.33. The fourth-order valence-electron chi connectivity index (χ4n) is 13.8. The van der Waals surface area contributed by atoms with Crippen LogP contribution in [-0.4, -0.2) is 139 Å². The first-order chi connectivity index (χ1) is 26.7. The average molecular weight is 811 g/mol. The van der Waals surface area contributed by atoms with E-state index in [1.807, 2.05) is 6.92 Å². The number of fused-ring (bicyclic) bond motifs is 7. The third kappa shape index (κ3) is 6.22. The van der Waals surface area contributed by atoms with Crippen LogP contribution in [0.5, 0.6) is 0 Å². The van der Waals surface area contributed by atoms with Crippen molar-refractivity contribution in [2.45, 2.75) is 167 Å². The van der Waals surface area contributed by atoms with Crippen molar-refractivity contribution in [1.29, 1.82) is 0 Å². The zero-order valence-electron chi connectivity index (χ0n) is 34.1. The second kappa shape index (κ2) is 15.0. The van der Waals surface area contributed by atoms with Gasteiger partial charge in [-0.2, -0.15) is 0 Å². The molecule has 6 fully saturated rings. The van der Waals surface area contributed by atoms with Crippen LogP contribution in [0.1, 0.15) is 99.3 Å². The zero-order valence-corrected chi connectivity index (χ0v) is 34.1. The van der Waals surface area contributed by atoms with Crippen LogP contribution in [0.15, 0.2) is 11.6 Å². The Kier molecular flexibility index (Phi) is 11.4. The fourth-order valence-corrected chi connectivity index (χ4v) is 13.8. The van der Waals surface area contributed by atoms with Crippen LogP contribution in [0.3, 0.4) is 0 Å². The molecular weight excluding hydrogens is 744 g/mol. The molecule has 15 nitrogen and oxygen atoms in total. The topological polar surface area (TPSA) is 253 Å². The number of carbonyl (C=O) groups is 2. The molecule has 4 saturated carbocycles. The summed E-state index contributed by atoms with van der Waals surface area (Å²) < 4.78 is 23.4. The van der Waals surface area contributed by atoms with Gasteiger partial charge >= 0.3 is 11.9 Å². The summed E-state index contributed by atoms with van der Waals surface area (Å²) in [5, 5.41) is 93.7. The molecule has 15 heteroatoms. The molecule has 7 rings (SSSR count). The van der Waals surface area contributed by atoms with Gasteiger partial charge in [0.05, 0.1) is 24.7 Å². The van der Waals surface area contributed by atoms with Crippen molar-refractivity contribution in [3.63, 3.8) is 0 Å². The molecule has 7 aliphatic rings. The number of allylic oxidation sites excluding steroid dienone is 2. The minimum Gasteiger partial charge on any atom is -0.479 e. The molecule has 21 atom stereocenters. The van der Waals surface area contributed by atoms with Gasteiger partial charge in [-0.1, -0.05) is 53.2 Å². The first-order valence-corrected chi connectivity index (χ1v) is 21.1. The molecule has 9 N–H and O–H groups in total. The molecule has 0 spiro atoms. The monoisotopic (exact) mass is 810 g/mol. The predicted molar refractivity (Wildman–Crippen MR) is 199 cm³/mol. The Morgan fingerprint density at radius 2 is 1.44 bits per heavy atom. The summed E-state index contributed by atoms with van der Waals surface area (Å²) in [5.41, 5.74) is -1.21. The van der Waals surface area contributed by atoms with Crippen LogP contribution in [0.4, 0.5) is 0 Å². The van der Waals surface area contributed by atoms with Crippen molar-refractivity contribution >= 4 is 11.9 Å². The third-order valence-corrected chi connectivity index (χ3v) is 17.7. The van der Waals surface area contributed by atoms with Gasteiger partial charge in [-0.05, 0) is 104 Å². The number of ether oxygens (including phenoxy) is 4. The van der Waals surface area contributed by atoms with Crippen molar-refractivity contribution in [3.8, 4) is 0 Å². The summed E-state index contributed by atoms with van der Waals surface area (Å²) in [6, 6.07) is 0. The van der Waals surface area contributed by atoms with Gasteiger partial charge in [0, 0.05) is 5.41 Å². The molecule has 324 valence electrons. The van der Waals surface area contributed by atoms with Crippen molar-refractivity contribution in [2.75, 3.05) is 13.2 Å². The summed E-state index contributed by atoms with van der Waals surface area (Å²) in [6.45, 7) is 12.6. The maximum atomic E-state index is 14.6. The van der Waals surface area contributed by atoms with Crippen molar-refractivity contribution in [1.82, 2.24) is 0 Å². The van der Waals surface area contributed by atoms with E-state index < -0.39 is 96.9 Å². The van der Waals surface area contributed by atoms with Crippen LogP contribution in [0.2, 0.25) is 0 Å². The number of hydrogen-bond donors (Lipinski definition) is 9. The fraction of sp³-hybridized carbons (Fsp3) is 0.905. The number of carbonyl (C=O) groups excluding carboxylic acids is 1. The van der Waals surface area contributed by atoms with E-state index in [1.165, 1.54) is 5.57 Å². The summed E-state index contributed by atoms with van der Waals surface area (Å²) in [6.07, 6.45) is -8.34. The zero-order chi connectivity index (χ0) is 41.8. The smallest absolute Gasteiger partial charge is 0.335 e. The highest BCUT2D eigenvalue weighted by Crippen LogP contribution is 2.76. The highest BCUT2D eigenvalue weighted by Gasteiger charge is 2.71. The largest absolute Gasteiger partial charge is 0.479 e. The van der Waals surface area contributed by atoms with Gasteiger partial charge in [0.2, 0.25) is 6.29 Å². The van der Waals surface area contributed by atoms with E-state index in [9.17, 15) is 55.5 Å². The standard InChI is InChI=1S/C42H66O15/c1-19-9-14-42(37(53)57-35-31(49)28(46)27(45)22(17-43)54-35)16-15-40(5)21(26(42)20(19)2)7-8-24-38(3)12-11-25(39(4,18-44)23(38)10-13-41(24,40)6)55-36-32(50)29(47)30(48)33(56-36)34(51)52/h7,19-20,22-33,35-36,43-50H,8-18H2,1-6H3,(H,51,52)/t19-,20+,22-,23-,24-,25+,26+,27-,28+,29+,30+,31-,32-,33+,35+,36-,38+,39+,40-,41-,42+/m1/s1. The van der Waals surface area contributed by atoms with Crippen molar-refractivity contribution in [2.24, 2.45) is 56.7 Å². The molecule has 0 aromatic carbocycles. The molecular formula is C42H66O15. The molecule has 0 unspecified atom stereocenters. The Balaban J connectivity index is 1.17. The number of aliphatic hydroxyl groups excluding tert-OH is 8. The van der Waals surface area contributed by atoms with E-state index in [-0.39, 0.29) is 46.5 Å². The maximum absolute atomic E-state index is 14.6. The summed E-state index contributed by atoms with van der Waals surface area (Å²) >= 11 is 0. The van der Waals surface area contributed by atoms with Crippen LogP contribution in [-0.2, 0) is 28.5 Å². The van der Waals surface area contributed by atoms with Gasteiger partial charge in [-0.15, -0.1) is 0 Å². The first kappa shape index (κ1) is 43.3. The second-order valence-corrected chi connectivity index (χ2v) is 20.0. The Morgan fingerprint density at radius 1 is 0.772 bits per heavy atom. The third-order valence-electron chi connectivity index (χ3n) is 17.7. The summed E-state index contributed by atoms with van der Waals surface area (Å²) in [5.74, 6) is -1.52. The number of aliphatic hydroxyl groups is 8. The molecule has 57 heavy (non-hydrogen) atoms. The molecule has 0 bridgehead atoms. The van der Waals surface area contributed by atoms with Gasteiger partial charge in [-0.3, -0.25) is 4.79 Å². The number of hydrogen-bond acceptors (Lipinski definition) is 14. The lowest BCUT2D eigenvalue weighted by Gasteiger charge is -2.71. The van der Waals surface area contributed by atoms with Gasteiger partial charge in [0.15, 0.2) is 12.4 Å². The minimum absolute atomic E-state index is 0.0262. The number of esters is 1. The Morgan fingerprint density at radius 3 is 2.09 bits per heavy atom. The van der Waals surface area contributed by atoms with E-state index in [0.717, 1.165) is 32.1 Å². The molecule has 0 aromatic heterocycles. The van der Waals surface area contributed by atoms with Gasteiger partial charge in [0.25, 0.3) is 0 Å². The van der Waals surface area contributed by atoms with Crippen LogP contribution >= 0.6 is 0 Å². The molecule has 5 aliphatic carbocycles. The predicted octanol–water partition coefficient (Wildman–Crippen LogP) is 1.24. The first-order valence-electron chi connectivity index (χ1n) is 21.1. The Labute approximate surface area is 334 Å². The molecule has 0 radical (unpaired) electrons.